The van der Waals surface area contributed by atoms with Gasteiger partial charge >= 0.3 is 0 Å². The average Bonchev–Trinajstić information content (AvgIpc) is 3.56. The molecule has 1 aromatic heterocycles. The van der Waals surface area contributed by atoms with Gasteiger partial charge < -0.3 is 14.6 Å². The number of carbonyl (C=O) groups is 1. The van der Waals surface area contributed by atoms with Gasteiger partial charge in [0.25, 0.3) is 0 Å². The van der Waals surface area contributed by atoms with E-state index in [4.69, 9.17) is 9.72 Å². The largest absolute Gasteiger partial charge is 0.492 e. The van der Waals surface area contributed by atoms with Crippen molar-refractivity contribution in [3.05, 3.63) is 59.4 Å². The number of amides is 1. The van der Waals surface area contributed by atoms with Crippen molar-refractivity contribution in [2.45, 2.75) is 58.9 Å². The second-order valence-electron chi connectivity index (χ2n) is 8.64. The molecule has 5 nitrogen and oxygen atoms in total. The molecular formula is C26H33N3O2. The molecule has 3 aromatic rings. The summed E-state index contributed by atoms with van der Waals surface area (Å²) in [5.74, 6) is 2.57. The first kappa shape index (κ1) is 21.4. The molecule has 1 N–H and O–H groups in total. The lowest BCUT2D eigenvalue weighted by Gasteiger charge is -2.12. The smallest absolute Gasteiger partial charge is 0.223 e. The van der Waals surface area contributed by atoms with Gasteiger partial charge in [0, 0.05) is 18.9 Å². The van der Waals surface area contributed by atoms with E-state index >= 15 is 0 Å². The molecule has 2 aromatic carbocycles. The Morgan fingerprint density at radius 3 is 2.74 bits per heavy atom. The van der Waals surface area contributed by atoms with E-state index in [0.717, 1.165) is 74.2 Å². The summed E-state index contributed by atoms with van der Waals surface area (Å²) in [5, 5.41) is 3.05. The van der Waals surface area contributed by atoms with Crippen molar-refractivity contribution in [1.82, 2.24) is 14.9 Å². The summed E-state index contributed by atoms with van der Waals surface area (Å²) < 4.78 is 8.33. The topological polar surface area (TPSA) is 56.1 Å². The highest BCUT2D eigenvalue weighted by molar-refractivity contribution is 5.80. The number of rotatable bonds is 11. The van der Waals surface area contributed by atoms with Gasteiger partial charge in [0.2, 0.25) is 5.91 Å². The van der Waals surface area contributed by atoms with Crippen molar-refractivity contribution in [2.24, 2.45) is 5.92 Å². The molecule has 1 aliphatic carbocycles. The van der Waals surface area contributed by atoms with E-state index in [0.29, 0.717) is 12.5 Å². The number of unbranched alkanes of at least 4 members (excludes halogenated alkanes) is 2. The lowest BCUT2D eigenvalue weighted by Crippen LogP contribution is -2.25. The van der Waals surface area contributed by atoms with Crippen LogP contribution in [0.4, 0.5) is 0 Å². The van der Waals surface area contributed by atoms with E-state index < -0.39 is 0 Å². The number of benzene rings is 2. The van der Waals surface area contributed by atoms with E-state index in [1.807, 2.05) is 12.1 Å². The Morgan fingerprint density at radius 2 is 1.94 bits per heavy atom. The SMILES string of the molecule is Cc1ccc(OCCn2c(CCCCCNC(=O)C3CC3)nc3ccccc32)cc1C. The molecule has 1 aliphatic rings. The Hall–Kier alpha value is -2.82. The number of imidazole rings is 1. The van der Waals surface area contributed by atoms with Gasteiger partial charge in [-0.2, -0.15) is 0 Å². The third-order valence-electron chi connectivity index (χ3n) is 6.12. The maximum atomic E-state index is 11.7. The van der Waals surface area contributed by atoms with Gasteiger partial charge in [0.15, 0.2) is 0 Å². The second kappa shape index (κ2) is 9.99. The first-order chi connectivity index (χ1) is 15.1. The zero-order valence-electron chi connectivity index (χ0n) is 18.7. The Kier molecular flexibility index (Phi) is 6.90. The third kappa shape index (κ3) is 5.66. The molecule has 0 unspecified atom stereocenters. The molecule has 31 heavy (non-hydrogen) atoms. The number of carbonyl (C=O) groups excluding carboxylic acids is 1. The number of ether oxygens (including phenoxy) is 1. The Labute approximate surface area is 184 Å². The number of hydrogen-bond donors (Lipinski definition) is 1. The fraction of sp³-hybridized carbons (Fsp3) is 0.462. The van der Waals surface area contributed by atoms with Crippen LogP contribution in [0.3, 0.4) is 0 Å². The molecular weight excluding hydrogens is 386 g/mol. The minimum Gasteiger partial charge on any atom is -0.492 e. The Balaban J connectivity index is 1.30. The van der Waals surface area contributed by atoms with Crippen LogP contribution in [0.5, 0.6) is 5.75 Å². The van der Waals surface area contributed by atoms with Crippen LogP contribution in [-0.4, -0.2) is 28.6 Å². The monoisotopic (exact) mass is 419 g/mol. The molecule has 0 spiro atoms. The van der Waals surface area contributed by atoms with Crippen LogP contribution in [-0.2, 0) is 17.8 Å². The van der Waals surface area contributed by atoms with Crippen LogP contribution in [0.1, 0.15) is 49.1 Å². The number of aromatic nitrogens is 2. The van der Waals surface area contributed by atoms with Gasteiger partial charge in [-0.3, -0.25) is 4.79 Å². The highest BCUT2D eigenvalue weighted by Crippen LogP contribution is 2.28. The molecule has 0 bridgehead atoms. The van der Waals surface area contributed by atoms with Gasteiger partial charge in [0.05, 0.1) is 17.6 Å². The van der Waals surface area contributed by atoms with E-state index in [2.05, 4.69) is 54.1 Å². The van der Waals surface area contributed by atoms with Crippen molar-refractivity contribution in [3.63, 3.8) is 0 Å². The third-order valence-corrected chi connectivity index (χ3v) is 6.12. The lowest BCUT2D eigenvalue weighted by atomic mass is 10.1. The highest BCUT2D eigenvalue weighted by atomic mass is 16.5. The first-order valence-corrected chi connectivity index (χ1v) is 11.5. The molecule has 4 rings (SSSR count). The first-order valence-electron chi connectivity index (χ1n) is 11.5. The maximum absolute atomic E-state index is 11.7. The molecule has 1 amide bonds. The molecule has 1 heterocycles. The van der Waals surface area contributed by atoms with Gasteiger partial charge in [-0.15, -0.1) is 0 Å². The summed E-state index contributed by atoms with van der Waals surface area (Å²) in [7, 11) is 0. The van der Waals surface area contributed by atoms with E-state index in [9.17, 15) is 4.79 Å². The van der Waals surface area contributed by atoms with Crippen molar-refractivity contribution >= 4 is 16.9 Å². The van der Waals surface area contributed by atoms with Crippen LogP contribution in [0.2, 0.25) is 0 Å². The summed E-state index contributed by atoms with van der Waals surface area (Å²) in [4.78, 5) is 16.6. The van der Waals surface area contributed by atoms with Crippen molar-refractivity contribution < 1.29 is 9.53 Å². The lowest BCUT2D eigenvalue weighted by molar-refractivity contribution is -0.122. The molecule has 1 fully saturated rings. The van der Waals surface area contributed by atoms with Crippen molar-refractivity contribution in [2.75, 3.05) is 13.2 Å². The Bertz CT molecular complexity index is 1040. The summed E-state index contributed by atoms with van der Waals surface area (Å²) in [6, 6.07) is 14.6. The minimum atomic E-state index is 0.241. The van der Waals surface area contributed by atoms with Gasteiger partial charge in [-0.25, -0.2) is 4.98 Å². The molecule has 0 saturated heterocycles. The number of aryl methyl sites for hydroxylation is 3. The summed E-state index contributed by atoms with van der Waals surface area (Å²) in [6.45, 7) is 6.41. The van der Waals surface area contributed by atoms with Gasteiger partial charge in [-0.05, 0) is 74.9 Å². The van der Waals surface area contributed by atoms with Crippen LogP contribution < -0.4 is 10.1 Å². The minimum absolute atomic E-state index is 0.241. The number of hydrogen-bond acceptors (Lipinski definition) is 3. The van der Waals surface area contributed by atoms with Gasteiger partial charge in [-0.1, -0.05) is 24.6 Å². The van der Waals surface area contributed by atoms with E-state index in [1.165, 1.54) is 11.1 Å². The van der Waals surface area contributed by atoms with Crippen LogP contribution in [0.15, 0.2) is 42.5 Å². The van der Waals surface area contributed by atoms with Crippen LogP contribution in [0.25, 0.3) is 11.0 Å². The predicted molar refractivity (Wildman–Crippen MR) is 124 cm³/mol. The molecule has 0 aliphatic heterocycles. The maximum Gasteiger partial charge on any atom is 0.223 e. The molecule has 164 valence electrons. The number of para-hydroxylation sites is 2. The fourth-order valence-corrected chi connectivity index (χ4v) is 3.91. The standard InChI is InChI=1S/C26H33N3O2/c1-19-11-14-22(18-20(19)2)31-17-16-29-24-9-6-5-8-23(24)28-25(29)10-4-3-7-15-27-26(30)21-12-13-21/h5-6,8-9,11,14,18,21H,3-4,7,10,12-13,15-17H2,1-2H3,(H,27,30). The Morgan fingerprint density at radius 1 is 1.10 bits per heavy atom. The average molecular weight is 420 g/mol. The summed E-state index contributed by atoms with van der Waals surface area (Å²) in [6.07, 6.45) is 6.25. The van der Waals surface area contributed by atoms with Crippen molar-refractivity contribution in [3.8, 4) is 5.75 Å². The highest BCUT2D eigenvalue weighted by Gasteiger charge is 2.28. The molecule has 0 radical (unpaired) electrons. The summed E-state index contributed by atoms with van der Waals surface area (Å²) >= 11 is 0. The fourth-order valence-electron chi connectivity index (χ4n) is 3.91. The number of fused-ring (bicyclic) bond motifs is 1. The predicted octanol–water partition coefficient (Wildman–Crippen LogP) is 4.97. The van der Waals surface area contributed by atoms with E-state index in [1.54, 1.807) is 0 Å². The number of nitrogens with one attached hydrogen (secondary N) is 1. The normalized spacial score (nSPS) is 13.5. The van der Waals surface area contributed by atoms with E-state index in [-0.39, 0.29) is 5.91 Å². The van der Waals surface area contributed by atoms with Crippen molar-refractivity contribution in [1.29, 1.82) is 0 Å². The quantitative estimate of drug-likeness (QED) is 0.446. The van der Waals surface area contributed by atoms with Crippen LogP contribution in [0, 0.1) is 19.8 Å². The zero-order chi connectivity index (χ0) is 21.6. The van der Waals surface area contributed by atoms with Gasteiger partial charge in [0.1, 0.15) is 18.2 Å². The number of nitrogens with zero attached hydrogens (tertiary/aromatic N) is 2. The second-order valence-corrected chi connectivity index (χ2v) is 8.64. The zero-order valence-corrected chi connectivity index (χ0v) is 18.7. The molecule has 0 atom stereocenters. The summed E-state index contributed by atoms with van der Waals surface area (Å²) in [5.41, 5.74) is 4.74. The molecule has 1 saturated carbocycles. The molecule has 5 heteroatoms. The van der Waals surface area contributed by atoms with Crippen LogP contribution >= 0.6 is 0 Å².